The first-order valence-electron chi connectivity index (χ1n) is 6.36. The number of hydrogen-bond acceptors (Lipinski definition) is 5. The molecule has 1 heterocycles. The third-order valence-corrected chi connectivity index (χ3v) is 4.88. The van der Waals surface area contributed by atoms with Crippen molar-refractivity contribution in [1.82, 2.24) is 4.31 Å². The minimum atomic E-state index is -4.93. The summed E-state index contributed by atoms with van der Waals surface area (Å²) in [6.07, 6.45) is -6.04. The zero-order valence-corrected chi connectivity index (χ0v) is 12.4. The van der Waals surface area contributed by atoms with Crippen molar-refractivity contribution in [2.75, 3.05) is 19.7 Å². The van der Waals surface area contributed by atoms with Gasteiger partial charge < -0.3 is 15.2 Å². The molecule has 0 radical (unpaired) electrons. The molecule has 2 rings (SSSR count). The third kappa shape index (κ3) is 4.33. The lowest BCUT2D eigenvalue weighted by Gasteiger charge is -2.30. The van der Waals surface area contributed by atoms with E-state index in [1.165, 1.54) is 0 Å². The smallest absolute Gasteiger partial charge is 0.406 e. The van der Waals surface area contributed by atoms with E-state index in [1.54, 1.807) is 0 Å². The molecule has 0 spiro atoms. The minimum absolute atomic E-state index is 0.0452. The van der Waals surface area contributed by atoms with Crippen LogP contribution in [0.4, 0.5) is 13.2 Å². The fourth-order valence-corrected chi connectivity index (χ4v) is 3.46. The van der Waals surface area contributed by atoms with Crippen LogP contribution in [0.15, 0.2) is 29.2 Å². The highest BCUT2D eigenvalue weighted by atomic mass is 32.2. The molecule has 0 saturated carbocycles. The Bertz CT molecular complexity index is 692. The molecule has 1 fully saturated rings. The maximum atomic E-state index is 12.5. The number of benzene rings is 1. The quantitative estimate of drug-likeness (QED) is 0.847. The summed E-state index contributed by atoms with van der Waals surface area (Å²) in [4.78, 5) is 10.7. The SMILES string of the molecule is NC(=O)C1CN(S(=O)(=O)c2cccc(OC(F)(F)F)c2)CCO1. The summed E-state index contributed by atoms with van der Waals surface area (Å²) in [6, 6.07) is 4.00. The van der Waals surface area contributed by atoms with E-state index in [2.05, 4.69) is 4.74 Å². The average molecular weight is 354 g/mol. The van der Waals surface area contributed by atoms with E-state index in [4.69, 9.17) is 10.5 Å². The van der Waals surface area contributed by atoms with Crippen LogP contribution >= 0.6 is 0 Å². The van der Waals surface area contributed by atoms with Crippen LogP contribution in [0.5, 0.6) is 5.75 Å². The molecule has 1 unspecified atom stereocenters. The standard InChI is InChI=1S/C12H13F3N2O5S/c13-12(14,15)22-8-2-1-3-9(6-8)23(19,20)17-4-5-21-10(7-17)11(16)18/h1-3,6,10H,4-5,7H2,(H2,16,18). The Morgan fingerprint density at radius 3 is 2.70 bits per heavy atom. The van der Waals surface area contributed by atoms with Crippen LogP contribution in [0.3, 0.4) is 0 Å². The molecule has 0 bridgehead atoms. The van der Waals surface area contributed by atoms with Crippen molar-refractivity contribution < 1.29 is 35.9 Å². The van der Waals surface area contributed by atoms with Crippen molar-refractivity contribution in [3.05, 3.63) is 24.3 Å². The van der Waals surface area contributed by atoms with Crippen molar-refractivity contribution in [3.63, 3.8) is 0 Å². The number of carbonyl (C=O) groups excluding carboxylic acids is 1. The summed E-state index contributed by atoms with van der Waals surface area (Å²) in [5.74, 6) is -1.47. The molecule has 2 N–H and O–H groups in total. The Morgan fingerprint density at radius 1 is 1.39 bits per heavy atom. The molecule has 0 aromatic heterocycles. The lowest BCUT2D eigenvalue weighted by molar-refractivity contribution is -0.274. The number of hydrogen-bond donors (Lipinski definition) is 1. The summed E-state index contributed by atoms with van der Waals surface area (Å²) >= 11 is 0. The molecule has 7 nitrogen and oxygen atoms in total. The number of alkyl halides is 3. The van der Waals surface area contributed by atoms with Crippen LogP contribution in [0, 0.1) is 0 Å². The largest absolute Gasteiger partial charge is 0.573 e. The van der Waals surface area contributed by atoms with Gasteiger partial charge in [0.15, 0.2) is 0 Å². The highest BCUT2D eigenvalue weighted by Gasteiger charge is 2.34. The topological polar surface area (TPSA) is 98.9 Å². The van der Waals surface area contributed by atoms with Crippen molar-refractivity contribution in [2.24, 2.45) is 5.73 Å². The highest BCUT2D eigenvalue weighted by Crippen LogP contribution is 2.27. The zero-order chi connectivity index (χ0) is 17.3. The van der Waals surface area contributed by atoms with Gasteiger partial charge in [0.25, 0.3) is 0 Å². The van der Waals surface area contributed by atoms with Crippen LogP contribution in [0.1, 0.15) is 0 Å². The van der Waals surface area contributed by atoms with E-state index in [1.807, 2.05) is 0 Å². The fourth-order valence-electron chi connectivity index (χ4n) is 2.00. The summed E-state index contributed by atoms with van der Waals surface area (Å²) in [5, 5.41) is 0. The van der Waals surface area contributed by atoms with Crippen LogP contribution in [-0.4, -0.2) is 50.8 Å². The van der Waals surface area contributed by atoms with Gasteiger partial charge in [0.1, 0.15) is 11.9 Å². The second-order valence-corrected chi connectivity index (χ2v) is 6.59. The van der Waals surface area contributed by atoms with Gasteiger partial charge in [-0.05, 0) is 12.1 Å². The molecular formula is C12H13F3N2O5S. The number of nitrogens with zero attached hydrogens (tertiary/aromatic N) is 1. The predicted molar refractivity (Wildman–Crippen MR) is 70.8 cm³/mol. The first-order chi connectivity index (χ1) is 10.6. The number of amides is 1. The van der Waals surface area contributed by atoms with E-state index in [0.717, 1.165) is 28.6 Å². The van der Waals surface area contributed by atoms with Gasteiger partial charge in [0.2, 0.25) is 15.9 Å². The highest BCUT2D eigenvalue weighted by molar-refractivity contribution is 7.89. The minimum Gasteiger partial charge on any atom is -0.406 e. The first-order valence-corrected chi connectivity index (χ1v) is 7.80. The molecule has 128 valence electrons. The maximum Gasteiger partial charge on any atom is 0.573 e. The lowest BCUT2D eigenvalue weighted by Crippen LogP contribution is -2.50. The lowest BCUT2D eigenvalue weighted by atomic mass is 10.3. The first kappa shape index (κ1) is 17.5. The Morgan fingerprint density at radius 2 is 2.09 bits per heavy atom. The van der Waals surface area contributed by atoms with E-state index in [0.29, 0.717) is 0 Å². The van der Waals surface area contributed by atoms with E-state index in [9.17, 15) is 26.4 Å². The number of primary amides is 1. The molecule has 11 heteroatoms. The van der Waals surface area contributed by atoms with Crippen molar-refractivity contribution in [2.45, 2.75) is 17.4 Å². The number of ether oxygens (including phenoxy) is 2. The van der Waals surface area contributed by atoms with Crippen LogP contribution in [0.25, 0.3) is 0 Å². The summed E-state index contributed by atoms with van der Waals surface area (Å²) in [5.41, 5.74) is 5.07. The second kappa shape index (κ2) is 6.34. The summed E-state index contributed by atoms with van der Waals surface area (Å²) in [6.45, 7) is -0.399. The van der Waals surface area contributed by atoms with Gasteiger partial charge in [0, 0.05) is 19.2 Å². The molecule has 1 aromatic rings. The molecule has 1 atom stereocenters. The van der Waals surface area contributed by atoms with Crippen molar-refractivity contribution in [3.8, 4) is 5.75 Å². The Labute approximate surface area is 129 Å². The van der Waals surface area contributed by atoms with Crippen LogP contribution in [-0.2, 0) is 19.6 Å². The number of halogens is 3. The number of nitrogens with two attached hydrogens (primary N) is 1. The summed E-state index contributed by atoms with van der Waals surface area (Å²) < 4.78 is 71.2. The maximum absolute atomic E-state index is 12.5. The third-order valence-electron chi connectivity index (χ3n) is 3.02. The number of carbonyl (C=O) groups is 1. The molecule has 1 aliphatic heterocycles. The molecule has 1 amide bonds. The average Bonchev–Trinajstić information content (AvgIpc) is 2.46. The van der Waals surface area contributed by atoms with Crippen molar-refractivity contribution >= 4 is 15.9 Å². The number of morpholine rings is 1. The normalized spacial score (nSPS) is 20.2. The molecule has 23 heavy (non-hydrogen) atoms. The Hall–Kier alpha value is -1.85. The predicted octanol–water partition coefficient (Wildman–Crippen LogP) is 0.460. The summed E-state index contributed by atoms with van der Waals surface area (Å²) in [7, 11) is -4.11. The number of rotatable bonds is 4. The fraction of sp³-hybridized carbons (Fsp3) is 0.417. The van der Waals surface area contributed by atoms with Gasteiger partial charge in [-0.2, -0.15) is 4.31 Å². The van der Waals surface area contributed by atoms with Gasteiger partial charge in [-0.15, -0.1) is 13.2 Å². The van der Waals surface area contributed by atoms with Gasteiger partial charge >= 0.3 is 6.36 Å². The van der Waals surface area contributed by atoms with Gasteiger partial charge in [-0.3, -0.25) is 4.79 Å². The molecule has 1 saturated heterocycles. The Balaban J connectivity index is 2.25. The monoisotopic (exact) mass is 354 g/mol. The Kier molecular flexibility index (Phi) is 4.82. The molecule has 1 aliphatic rings. The zero-order valence-electron chi connectivity index (χ0n) is 11.6. The van der Waals surface area contributed by atoms with E-state index >= 15 is 0 Å². The second-order valence-electron chi connectivity index (χ2n) is 4.65. The van der Waals surface area contributed by atoms with E-state index < -0.39 is 34.1 Å². The van der Waals surface area contributed by atoms with Crippen molar-refractivity contribution in [1.29, 1.82) is 0 Å². The van der Waals surface area contributed by atoms with Crippen LogP contribution < -0.4 is 10.5 Å². The molecular weight excluding hydrogens is 341 g/mol. The number of sulfonamides is 1. The van der Waals surface area contributed by atoms with Crippen LogP contribution in [0.2, 0.25) is 0 Å². The molecule has 0 aliphatic carbocycles. The molecule has 1 aromatic carbocycles. The van der Waals surface area contributed by atoms with Gasteiger partial charge in [-0.1, -0.05) is 6.07 Å². The van der Waals surface area contributed by atoms with E-state index in [-0.39, 0.29) is 24.6 Å². The van der Waals surface area contributed by atoms with Gasteiger partial charge in [0.05, 0.1) is 11.5 Å². The van der Waals surface area contributed by atoms with Gasteiger partial charge in [-0.25, -0.2) is 8.42 Å².